The number of fused-ring (bicyclic) bond motifs is 10. The summed E-state index contributed by atoms with van der Waals surface area (Å²) in [4.78, 5) is 5.53. The molecule has 0 aromatic carbocycles. The van der Waals surface area contributed by atoms with E-state index < -0.39 is 0 Å². The molecule has 0 aromatic rings. The van der Waals surface area contributed by atoms with E-state index in [0.29, 0.717) is 0 Å². The second-order valence-corrected chi connectivity index (χ2v) is 12.5. The van der Waals surface area contributed by atoms with Crippen LogP contribution < -0.4 is 0 Å². The average Bonchev–Trinajstić information content (AvgIpc) is 2.85. The standard InChI is InChI=1S/C32H56N2O/c35-31-19-15-11-7-2-1-6-10-14-18-29-25-33-21-16-12-8-4-3-5-9-13-17-28-23-30(32(29)20-22-33)26-34(24-28)27-31/h1-4,28-32,35H,5-27H2/b2-1-,4-3-/t28-,29+,30+,31?,32+/m0/s1. The monoisotopic (exact) mass is 484 g/mol. The molecule has 5 rings (SSSR count). The first-order chi connectivity index (χ1) is 17.3. The minimum Gasteiger partial charge on any atom is -0.392 e. The Kier molecular flexibility index (Phi) is 12.2. The smallest absolute Gasteiger partial charge is 0.0667 e. The fraction of sp³-hybridized carbons (Fsp3) is 0.875. The molecule has 3 heteroatoms. The Morgan fingerprint density at radius 1 is 0.514 bits per heavy atom. The highest BCUT2D eigenvalue weighted by atomic mass is 16.3. The van der Waals surface area contributed by atoms with Crippen LogP contribution in [0, 0.1) is 23.7 Å². The van der Waals surface area contributed by atoms with Crippen molar-refractivity contribution in [3.63, 3.8) is 0 Å². The van der Waals surface area contributed by atoms with Gasteiger partial charge in [0, 0.05) is 26.2 Å². The van der Waals surface area contributed by atoms with E-state index in [0.717, 1.165) is 36.6 Å². The molecule has 5 aliphatic heterocycles. The number of hydrogen-bond acceptors (Lipinski definition) is 3. The predicted molar refractivity (Wildman–Crippen MR) is 150 cm³/mol. The van der Waals surface area contributed by atoms with E-state index in [1.807, 2.05) is 0 Å². The van der Waals surface area contributed by atoms with Gasteiger partial charge in [-0.2, -0.15) is 0 Å². The number of nitrogens with zero attached hydrogens (tertiary/aromatic N) is 2. The normalized spacial score (nSPS) is 41.1. The second-order valence-electron chi connectivity index (χ2n) is 12.5. The Hall–Kier alpha value is -0.640. The van der Waals surface area contributed by atoms with Gasteiger partial charge in [-0.25, -0.2) is 0 Å². The van der Waals surface area contributed by atoms with Crippen LogP contribution in [0.3, 0.4) is 0 Å². The van der Waals surface area contributed by atoms with Crippen LogP contribution in [0.15, 0.2) is 24.3 Å². The molecule has 0 amide bonds. The molecule has 2 fully saturated rings. The molecule has 0 saturated carbocycles. The van der Waals surface area contributed by atoms with Gasteiger partial charge in [0.25, 0.3) is 0 Å². The second kappa shape index (κ2) is 15.6. The number of piperidine rings is 2. The molecule has 3 unspecified atom stereocenters. The fourth-order valence-electron chi connectivity index (χ4n) is 7.74. The van der Waals surface area contributed by atoms with Crippen LogP contribution in [0.1, 0.15) is 109 Å². The number of aliphatic hydroxyl groups excluding tert-OH is 1. The topological polar surface area (TPSA) is 26.7 Å². The van der Waals surface area contributed by atoms with Crippen molar-refractivity contribution in [3.05, 3.63) is 24.3 Å². The summed E-state index contributed by atoms with van der Waals surface area (Å²) in [5.41, 5.74) is 0. The first-order valence-corrected chi connectivity index (χ1v) is 15.7. The average molecular weight is 485 g/mol. The molecule has 0 aliphatic carbocycles. The SMILES string of the molecule is OC1CCCC/C=C\CCCC[C@@H]2CN3CCCC/C=C\CCCC[C@H]4C[C@H](CN(C1)C4)[C@@H]2CC3. The minimum absolute atomic E-state index is 0.140. The summed E-state index contributed by atoms with van der Waals surface area (Å²) in [6.07, 6.45) is 31.9. The van der Waals surface area contributed by atoms with E-state index in [-0.39, 0.29) is 6.10 Å². The summed E-state index contributed by atoms with van der Waals surface area (Å²) in [6, 6.07) is 0. The molecule has 1 N–H and O–H groups in total. The highest BCUT2D eigenvalue weighted by Gasteiger charge is 2.38. The lowest BCUT2D eigenvalue weighted by molar-refractivity contribution is 0.00263. The van der Waals surface area contributed by atoms with Gasteiger partial charge >= 0.3 is 0 Å². The maximum atomic E-state index is 10.9. The van der Waals surface area contributed by atoms with Crippen LogP contribution >= 0.6 is 0 Å². The lowest BCUT2D eigenvalue weighted by atomic mass is 9.69. The molecule has 200 valence electrons. The van der Waals surface area contributed by atoms with Gasteiger partial charge in [-0.1, -0.05) is 43.6 Å². The van der Waals surface area contributed by atoms with Crippen LogP contribution in [0.4, 0.5) is 0 Å². The quantitative estimate of drug-likeness (QED) is 0.368. The lowest BCUT2D eigenvalue weighted by Crippen LogP contribution is -2.50. The van der Waals surface area contributed by atoms with E-state index >= 15 is 0 Å². The molecule has 7 atom stereocenters. The maximum absolute atomic E-state index is 10.9. The molecular formula is C32H56N2O. The molecule has 0 radical (unpaired) electrons. The Bertz CT molecular complexity index is 631. The number of allylic oxidation sites excluding steroid dienone is 4. The first-order valence-electron chi connectivity index (χ1n) is 15.7. The molecule has 5 aliphatic rings. The van der Waals surface area contributed by atoms with Gasteiger partial charge < -0.3 is 14.9 Å². The fourth-order valence-corrected chi connectivity index (χ4v) is 7.74. The molecule has 0 spiro atoms. The van der Waals surface area contributed by atoms with Gasteiger partial charge in [0.15, 0.2) is 0 Å². The van der Waals surface area contributed by atoms with Gasteiger partial charge in [0.1, 0.15) is 0 Å². The first kappa shape index (κ1) is 27.4. The highest BCUT2D eigenvalue weighted by Crippen LogP contribution is 2.40. The van der Waals surface area contributed by atoms with Crippen LogP contribution in [-0.2, 0) is 0 Å². The van der Waals surface area contributed by atoms with E-state index in [9.17, 15) is 5.11 Å². The summed E-state index contributed by atoms with van der Waals surface area (Å²) in [5.74, 6) is 3.47. The largest absolute Gasteiger partial charge is 0.392 e. The molecule has 35 heavy (non-hydrogen) atoms. The van der Waals surface area contributed by atoms with E-state index in [4.69, 9.17) is 0 Å². The van der Waals surface area contributed by atoms with E-state index in [1.54, 1.807) is 0 Å². The van der Waals surface area contributed by atoms with Crippen LogP contribution in [0.2, 0.25) is 0 Å². The maximum Gasteiger partial charge on any atom is 0.0667 e. The number of aliphatic hydroxyl groups is 1. The predicted octanol–water partition coefficient (Wildman–Crippen LogP) is 7.21. The lowest BCUT2D eigenvalue weighted by Gasteiger charge is -2.47. The van der Waals surface area contributed by atoms with Crippen molar-refractivity contribution in [1.29, 1.82) is 0 Å². The van der Waals surface area contributed by atoms with Crippen molar-refractivity contribution < 1.29 is 5.11 Å². The number of rotatable bonds is 0. The Morgan fingerprint density at radius 2 is 1.14 bits per heavy atom. The van der Waals surface area contributed by atoms with Gasteiger partial charge in [-0.05, 0) is 127 Å². The molecule has 6 bridgehead atoms. The van der Waals surface area contributed by atoms with Crippen molar-refractivity contribution in [2.24, 2.45) is 23.7 Å². The van der Waals surface area contributed by atoms with Crippen LogP contribution in [-0.4, -0.2) is 60.3 Å². The van der Waals surface area contributed by atoms with Gasteiger partial charge in [-0.3, -0.25) is 0 Å². The third-order valence-electron chi connectivity index (χ3n) is 9.61. The van der Waals surface area contributed by atoms with E-state index in [2.05, 4.69) is 34.1 Å². The molecule has 3 nitrogen and oxygen atoms in total. The van der Waals surface area contributed by atoms with Crippen molar-refractivity contribution in [3.8, 4) is 0 Å². The van der Waals surface area contributed by atoms with Gasteiger partial charge in [-0.15, -0.1) is 0 Å². The van der Waals surface area contributed by atoms with Crippen LogP contribution in [0.25, 0.3) is 0 Å². The Balaban J connectivity index is 1.49. The Morgan fingerprint density at radius 3 is 1.89 bits per heavy atom. The highest BCUT2D eigenvalue weighted by molar-refractivity contribution is 4.92. The van der Waals surface area contributed by atoms with Crippen molar-refractivity contribution >= 4 is 0 Å². The van der Waals surface area contributed by atoms with Crippen molar-refractivity contribution in [2.75, 3.05) is 39.3 Å². The van der Waals surface area contributed by atoms with E-state index in [1.165, 1.54) is 135 Å². The Labute approximate surface area is 217 Å². The summed E-state index contributed by atoms with van der Waals surface area (Å²) in [5, 5.41) is 10.9. The van der Waals surface area contributed by atoms with Crippen molar-refractivity contribution in [2.45, 2.75) is 115 Å². The van der Waals surface area contributed by atoms with Crippen LogP contribution in [0.5, 0.6) is 0 Å². The third kappa shape index (κ3) is 9.63. The molecule has 0 aromatic heterocycles. The summed E-state index contributed by atoms with van der Waals surface area (Å²) >= 11 is 0. The number of hydrogen-bond donors (Lipinski definition) is 1. The minimum atomic E-state index is -0.140. The third-order valence-corrected chi connectivity index (χ3v) is 9.61. The zero-order valence-corrected chi connectivity index (χ0v) is 22.8. The zero-order chi connectivity index (χ0) is 24.1. The summed E-state index contributed by atoms with van der Waals surface area (Å²) < 4.78 is 0. The van der Waals surface area contributed by atoms with Gasteiger partial charge in [0.05, 0.1) is 6.10 Å². The van der Waals surface area contributed by atoms with Gasteiger partial charge in [0.2, 0.25) is 0 Å². The molecule has 2 saturated heterocycles. The molecular weight excluding hydrogens is 428 g/mol. The zero-order valence-electron chi connectivity index (χ0n) is 22.8. The molecule has 5 heterocycles. The van der Waals surface area contributed by atoms with Crippen molar-refractivity contribution in [1.82, 2.24) is 9.80 Å². The summed E-state index contributed by atoms with van der Waals surface area (Å²) in [6.45, 7) is 7.37. The summed E-state index contributed by atoms with van der Waals surface area (Å²) in [7, 11) is 0.